The predicted octanol–water partition coefficient (Wildman–Crippen LogP) is 3.63. The van der Waals surface area contributed by atoms with E-state index in [0.717, 1.165) is 12.8 Å². The highest BCUT2D eigenvalue weighted by Gasteiger charge is 2.45. The monoisotopic (exact) mass is 431 g/mol. The quantitative estimate of drug-likeness (QED) is 0.653. The zero-order valence-corrected chi connectivity index (χ0v) is 17.7. The summed E-state index contributed by atoms with van der Waals surface area (Å²) in [4.78, 5) is 18.9. The van der Waals surface area contributed by atoms with Crippen molar-refractivity contribution >= 4 is 11.6 Å². The molecule has 4 rings (SSSR count). The molecule has 31 heavy (non-hydrogen) atoms. The van der Waals surface area contributed by atoms with E-state index < -0.39 is 5.92 Å². The number of carbonyl (C=O) groups is 1. The van der Waals surface area contributed by atoms with E-state index in [2.05, 4.69) is 34.3 Å². The lowest BCUT2D eigenvalue weighted by Crippen LogP contribution is -2.56. The van der Waals surface area contributed by atoms with Crippen LogP contribution in [0.15, 0.2) is 30.5 Å². The van der Waals surface area contributed by atoms with Gasteiger partial charge in [0.25, 0.3) is 11.8 Å². The van der Waals surface area contributed by atoms with E-state index >= 15 is 0 Å². The molecule has 1 amide bonds. The number of anilines is 1. The van der Waals surface area contributed by atoms with E-state index in [4.69, 9.17) is 4.74 Å². The van der Waals surface area contributed by atoms with E-state index in [0.29, 0.717) is 36.2 Å². The van der Waals surface area contributed by atoms with Gasteiger partial charge in [-0.25, -0.2) is 13.8 Å². The molecule has 0 aromatic carbocycles. The number of ether oxygens (including phenoxy) is 1. The number of amides is 1. The Hall–Kier alpha value is -2.84. The van der Waals surface area contributed by atoms with Crippen LogP contribution in [0.5, 0.6) is 5.88 Å². The number of nitrogens with one attached hydrogen (secondary N) is 1. The average Bonchev–Trinajstić information content (AvgIpc) is 3.54. The van der Waals surface area contributed by atoms with Crippen LogP contribution in [-0.2, 0) is 0 Å². The molecule has 1 saturated heterocycles. The number of halogens is 2. The first-order chi connectivity index (χ1) is 14.8. The summed E-state index contributed by atoms with van der Waals surface area (Å²) in [5, 5.41) is 11.0. The largest absolute Gasteiger partial charge is 0.476 e. The lowest BCUT2D eigenvalue weighted by molar-refractivity contribution is -0.0265. The van der Waals surface area contributed by atoms with E-state index in [-0.39, 0.29) is 36.6 Å². The van der Waals surface area contributed by atoms with Gasteiger partial charge in [0, 0.05) is 6.20 Å². The maximum atomic E-state index is 13.4. The van der Waals surface area contributed by atoms with Crippen LogP contribution in [-0.4, -0.2) is 46.7 Å². The van der Waals surface area contributed by atoms with Gasteiger partial charge in [-0.1, -0.05) is 13.8 Å². The second kappa shape index (κ2) is 8.72. The number of pyridine rings is 1. The van der Waals surface area contributed by atoms with Crippen molar-refractivity contribution in [2.75, 3.05) is 24.6 Å². The summed E-state index contributed by atoms with van der Waals surface area (Å²) in [6.07, 6.45) is 4.45. The minimum absolute atomic E-state index is 0.180. The SMILES string of the molecule is CC(C)CC(NC(=O)c1ccc(N2CC(F)(F)C2)c(OCC2CC2)n1)c1cccnn1. The number of aromatic nitrogens is 3. The molecule has 3 heterocycles. The minimum Gasteiger partial charge on any atom is -0.476 e. The van der Waals surface area contributed by atoms with Crippen LogP contribution in [0, 0.1) is 11.8 Å². The Bertz CT molecular complexity index is 913. The third-order valence-electron chi connectivity index (χ3n) is 5.37. The second-order valence-electron chi connectivity index (χ2n) is 8.79. The van der Waals surface area contributed by atoms with Gasteiger partial charge in [0.2, 0.25) is 5.88 Å². The Labute approximate surface area is 180 Å². The zero-order chi connectivity index (χ0) is 22.0. The molecule has 2 aromatic heterocycles. The van der Waals surface area contributed by atoms with Gasteiger partial charge in [0.1, 0.15) is 11.4 Å². The highest BCUT2D eigenvalue weighted by Crippen LogP contribution is 2.38. The van der Waals surface area contributed by atoms with Crippen LogP contribution in [0.25, 0.3) is 0 Å². The summed E-state index contributed by atoms with van der Waals surface area (Å²) < 4.78 is 32.6. The Balaban J connectivity index is 1.52. The molecule has 0 radical (unpaired) electrons. The number of carbonyl (C=O) groups excluding carboxylic acids is 1. The number of nitrogens with zero attached hydrogens (tertiary/aromatic N) is 4. The number of rotatable bonds is 9. The fourth-order valence-corrected chi connectivity index (χ4v) is 3.53. The molecule has 1 saturated carbocycles. The van der Waals surface area contributed by atoms with Crippen LogP contribution in [0.2, 0.25) is 0 Å². The van der Waals surface area contributed by atoms with Crippen LogP contribution >= 0.6 is 0 Å². The van der Waals surface area contributed by atoms with Crippen LogP contribution in [0.1, 0.15) is 55.3 Å². The molecule has 2 aromatic rings. The molecular formula is C22H27F2N5O2. The van der Waals surface area contributed by atoms with Crippen LogP contribution in [0.3, 0.4) is 0 Å². The molecule has 1 atom stereocenters. The minimum atomic E-state index is -2.70. The van der Waals surface area contributed by atoms with E-state index in [1.165, 1.54) is 4.90 Å². The number of hydrogen-bond acceptors (Lipinski definition) is 6. The Morgan fingerprint density at radius 2 is 2.06 bits per heavy atom. The lowest BCUT2D eigenvalue weighted by Gasteiger charge is -2.40. The first-order valence-corrected chi connectivity index (χ1v) is 10.7. The van der Waals surface area contributed by atoms with Crippen LogP contribution < -0.4 is 15.0 Å². The number of hydrogen-bond donors (Lipinski definition) is 1. The van der Waals surface area contributed by atoms with Crippen molar-refractivity contribution in [2.45, 2.75) is 45.1 Å². The smallest absolute Gasteiger partial charge is 0.282 e. The summed E-state index contributed by atoms with van der Waals surface area (Å²) in [5.41, 5.74) is 1.35. The van der Waals surface area contributed by atoms with Gasteiger partial charge in [-0.3, -0.25) is 4.79 Å². The van der Waals surface area contributed by atoms with E-state index in [1.807, 2.05) is 6.07 Å². The summed E-state index contributed by atoms with van der Waals surface area (Å²) >= 11 is 0. The Morgan fingerprint density at radius 3 is 2.68 bits per heavy atom. The molecule has 2 fully saturated rings. The van der Waals surface area contributed by atoms with Crippen molar-refractivity contribution in [3.05, 3.63) is 41.9 Å². The molecule has 9 heteroatoms. The van der Waals surface area contributed by atoms with Crippen molar-refractivity contribution in [1.29, 1.82) is 0 Å². The predicted molar refractivity (Wildman–Crippen MR) is 111 cm³/mol. The van der Waals surface area contributed by atoms with Gasteiger partial charge in [0.05, 0.1) is 31.4 Å². The lowest BCUT2D eigenvalue weighted by atomic mass is 10.0. The molecule has 1 N–H and O–H groups in total. The van der Waals surface area contributed by atoms with Gasteiger partial charge >= 0.3 is 0 Å². The van der Waals surface area contributed by atoms with Gasteiger partial charge in [0.15, 0.2) is 0 Å². The Kier molecular flexibility index (Phi) is 6.02. The fourth-order valence-electron chi connectivity index (χ4n) is 3.53. The van der Waals surface area contributed by atoms with E-state index in [9.17, 15) is 13.6 Å². The first kappa shape index (κ1) is 21.4. The molecule has 166 valence electrons. The third kappa shape index (κ3) is 5.45. The zero-order valence-electron chi connectivity index (χ0n) is 17.7. The number of alkyl halides is 2. The molecule has 1 aliphatic heterocycles. The van der Waals surface area contributed by atoms with E-state index in [1.54, 1.807) is 24.4 Å². The second-order valence-corrected chi connectivity index (χ2v) is 8.79. The van der Waals surface area contributed by atoms with Gasteiger partial charge in [-0.05, 0) is 55.4 Å². The fraction of sp³-hybridized carbons (Fsp3) is 0.545. The van der Waals surface area contributed by atoms with Crippen molar-refractivity contribution in [3.63, 3.8) is 0 Å². The van der Waals surface area contributed by atoms with Gasteiger partial charge in [-0.15, -0.1) is 0 Å². The highest BCUT2D eigenvalue weighted by molar-refractivity contribution is 5.93. The highest BCUT2D eigenvalue weighted by atomic mass is 19.3. The summed E-state index contributed by atoms with van der Waals surface area (Å²) in [6.45, 7) is 3.86. The normalized spacial score (nSPS) is 18.4. The molecule has 1 aliphatic carbocycles. The summed E-state index contributed by atoms with van der Waals surface area (Å²) in [6, 6.07) is 6.48. The summed E-state index contributed by atoms with van der Waals surface area (Å²) in [5.74, 6) is -2.04. The van der Waals surface area contributed by atoms with Crippen LogP contribution in [0.4, 0.5) is 14.5 Å². The van der Waals surface area contributed by atoms with Crippen molar-refractivity contribution in [2.24, 2.45) is 11.8 Å². The van der Waals surface area contributed by atoms with Crippen molar-refractivity contribution < 1.29 is 18.3 Å². The summed E-state index contributed by atoms with van der Waals surface area (Å²) in [7, 11) is 0. The molecule has 1 unspecified atom stereocenters. The van der Waals surface area contributed by atoms with Crippen molar-refractivity contribution in [1.82, 2.24) is 20.5 Å². The molecule has 2 aliphatic rings. The molecule has 0 spiro atoms. The van der Waals surface area contributed by atoms with Crippen molar-refractivity contribution in [3.8, 4) is 5.88 Å². The topological polar surface area (TPSA) is 80.2 Å². The molecule has 7 nitrogen and oxygen atoms in total. The molecule has 0 bridgehead atoms. The average molecular weight is 431 g/mol. The van der Waals surface area contributed by atoms with Gasteiger partial charge < -0.3 is 15.0 Å². The maximum Gasteiger partial charge on any atom is 0.282 e. The third-order valence-corrected chi connectivity index (χ3v) is 5.37. The Morgan fingerprint density at radius 1 is 1.29 bits per heavy atom. The standard InChI is InChI=1S/C22H27F2N5O2/c1-14(2)10-18(16-4-3-9-25-28-16)26-20(30)17-7-8-19(29-12-22(23,24)13-29)21(27-17)31-11-15-5-6-15/h3-4,7-9,14-15,18H,5-6,10-13H2,1-2H3,(H,26,30). The molecular weight excluding hydrogens is 404 g/mol. The first-order valence-electron chi connectivity index (χ1n) is 10.7. The maximum absolute atomic E-state index is 13.4. The van der Waals surface area contributed by atoms with Gasteiger partial charge in [-0.2, -0.15) is 10.2 Å².